The number of thiophene rings is 1. The molecule has 0 saturated heterocycles. The Labute approximate surface area is 164 Å². The number of rotatable bonds is 2. The Morgan fingerprint density at radius 1 is 1.18 bits per heavy atom. The second kappa shape index (κ2) is 6.56. The summed E-state index contributed by atoms with van der Waals surface area (Å²) in [6.07, 6.45) is 5.55. The minimum atomic E-state index is -0.311. The normalized spacial score (nSPS) is 15.9. The van der Waals surface area contributed by atoms with Gasteiger partial charge < -0.3 is 5.32 Å². The molecule has 1 aliphatic carbocycles. The van der Waals surface area contributed by atoms with Gasteiger partial charge in [-0.25, -0.2) is 4.98 Å². The van der Waals surface area contributed by atoms with Crippen molar-refractivity contribution in [2.45, 2.75) is 32.2 Å². The zero-order valence-electron chi connectivity index (χ0n) is 15.1. The van der Waals surface area contributed by atoms with Gasteiger partial charge in [0.1, 0.15) is 17.9 Å². The summed E-state index contributed by atoms with van der Waals surface area (Å²) < 4.78 is 1.36. The van der Waals surface area contributed by atoms with E-state index in [1.165, 1.54) is 20.7 Å². The minimum Gasteiger partial charge on any atom is -0.323 e. The number of benzene rings is 1. The van der Waals surface area contributed by atoms with E-state index < -0.39 is 0 Å². The zero-order valence-corrected chi connectivity index (χ0v) is 15.9. The lowest BCUT2D eigenvalue weighted by molar-refractivity contribution is -0.122. The molecule has 7 nitrogen and oxygen atoms in total. The highest BCUT2D eigenvalue weighted by atomic mass is 32.1. The average Bonchev–Trinajstić information content (AvgIpc) is 3.08. The van der Waals surface area contributed by atoms with Crippen LogP contribution in [-0.4, -0.2) is 27.9 Å². The lowest BCUT2D eigenvalue weighted by atomic mass is 9.97. The molecule has 0 saturated carbocycles. The van der Waals surface area contributed by atoms with Gasteiger partial charge in [0.05, 0.1) is 23.1 Å². The SMILES string of the molecule is O=C1CN(C(=O)Cn2cnc3sc4c(c3c2=O)CCCC4)c2ccccc2N1. The van der Waals surface area contributed by atoms with E-state index in [1.54, 1.807) is 29.5 Å². The third-order valence-electron chi connectivity index (χ3n) is 5.32. The van der Waals surface area contributed by atoms with E-state index in [0.717, 1.165) is 36.1 Å². The Morgan fingerprint density at radius 2 is 2.00 bits per heavy atom. The van der Waals surface area contributed by atoms with Crippen LogP contribution < -0.4 is 15.8 Å². The maximum absolute atomic E-state index is 13.1. The van der Waals surface area contributed by atoms with Gasteiger partial charge in [0.25, 0.3) is 5.56 Å². The van der Waals surface area contributed by atoms with Gasteiger partial charge >= 0.3 is 0 Å². The van der Waals surface area contributed by atoms with Crippen molar-refractivity contribution >= 4 is 44.7 Å². The molecule has 8 heteroatoms. The van der Waals surface area contributed by atoms with Crippen LogP contribution in [0, 0.1) is 0 Å². The highest BCUT2D eigenvalue weighted by molar-refractivity contribution is 7.18. The molecule has 0 fully saturated rings. The van der Waals surface area contributed by atoms with Crippen molar-refractivity contribution in [2.24, 2.45) is 0 Å². The number of fused-ring (bicyclic) bond motifs is 4. The molecule has 5 rings (SSSR count). The lowest BCUT2D eigenvalue weighted by Crippen LogP contribution is -2.44. The van der Waals surface area contributed by atoms with Gasteiger partial charge in [-0.3, -0.25) is 23.9 Å². The van der Waals surface area contributed by atoms with Crippen molar-refractivity contribution in [2.75, 3.05) is 16.8 Å². The van der Waals surface area contributed by atoms with Gasteiger partial charge in [-0.2, -0.15) is 0 Å². The number of anilines is 2. The molecule has 142 valence electrons. The number of amides is 2. The quantitative estimate of drug-likeness (QED) is 0.723. The summed E-state index contributed by atoms with van der Waals surface area (Å²) in [5.74, 6) is -0.561. The molecule has 0 bridgehead atoms. The van der Waals surface area contributed by atoms with Crippen molar-refractivity contribution in [1.82, 2.24) is 9.55 Å². The number of nitrogens with zero attached hydrogens (tertiary/aromatic N) is 3. The predicted octanol–water partition coefficient (Wildman–Crippen LogP) is 2.32. The molecule has 1 N–H and O–H groups in total. The van der Waals surface area contributed by atoms with Crippen LogP contribution in [0.25, 0.3) is 10.2 Å². The molecule has 2 aromatic heterocycles. The average molecular weight is 394 g/mol. The summed E-state index contributed by atoms with van der Waals surface area (Å²) in [5, 5.41) is 3.42. The highest BCUT2D eigenvalue weighted by Gasteiger charge is 2.27. The fourth-order valence-electron chi connectivity index (χ4n) is 3.98. The first-order valence-electron chi connectivity index (χ1n) is 9.31. The van der Waals surface area contributed by atoms with Crippen LogP contribution >= 0.6 is 11.3 Å². The molecular formula is C20H18N4O3S. The second-order valence-corrected chi connectivity index (χ2v) is 8.20. The van der Waals surface area contributed by atoms with Crippen LogP contribution in [0.1, 0.15) is 23.3 Å². The number of carbonyl (C=O) groups is 2. The van der Waals surface area contributed by atoms with Crippen LogP contribution in [0.4, 0.5) is 11.4 Å². The molecule has 1 aromatic carbocycles. The molecule has 0 atom stereocenters. The van der Waals surface area contributed by atoms with Gasteiger partial charge in [-0.05, 0) is 43.4 Å². The van der Waals surface area contributed by atoms with Crippen LogP contribution in [0.5, 0.6) is 0 Å². The summed E-state index contributed by atoms with van der Waals surface area (Å²) in [4.78, 5) is 45.9. The molecule has 28 heavy (non-hydrogen) atoms. The number of carbonyl (C=O) groups excluding carboxylic acids is 2. The summed E-state index contributed by atoms with van der Waals surface area (Å²) in [7, 11) is 0. The zero-order chi connectivity index (χ0) is 19.3. The highest BCUT2D eigenvalue weighted by Crippen LogP contribution is 2.33. The number of aromatic nitrogens is 2. The van der Waals surface area contributed by atoms with E-state index >= 15 is 0 Å². The van der Waals surface area contributed by atoms with E-state index in [-0.39, 0.29) is 30.5 Å². The molecule has 0 radical (unpaired) electrons. The van der Waals surface area contributed by atoms with Crippen molar-refractivity contribution in [3.8, 4) is 0 Å². The summed E-state index contributed by atoms with van der Waals surface area (Å²) >= 11 is 1.59. The first-order valence-corrected chi connectivity index (χ1v) is 10.1. The number of para-hydroxylation sites is 2. The summed E-state index contributed by atoms with van der Waals surface area (Å²) in [6.45, 7) is -0.206. The van der Waals surface area contributed by atoms with E-state index in [4.69, 9.17) is 0 Å². The van der Waals surface area contributed by atoms with Crippen LogP contribution in [0.3, 0.4) is 0 Å². The number of nitrogens with one attached hydrogen (secondary N) is 1. The van der Waals surface area contributed by atoms with Crippen LogP contribution in [0.15, 0.2) is 35.4 Å². The van der Waals surface area contributed by atoms with E-state index in [1.807, 2.05) is 6.07 Å². The molecule has 3 heterocycles. The van der Waals surface area contributed by atoms with E-state index in [9.17, 15) is 14.4 Å². The molecule has 0 spiro atoms. The smallest absolute Gasteiger partial charge is 0.262 e. The summed E-state index contributed by atoms with van der Waals surface area (Å²) in [6, 6.07) is 7.15. The first kappa shape index (κ1) is 17.1. The van der Waals surface area contributed by atoms with Gasteiger partial charge in [0, 0.05) is 4.88 Å². The molecule has 2 amide bonds. The van der Waals surface area contributed by atoms with Crippen LogP contribution in [-0.2, 0) is 29.0 Å². The Bertz CT molecular complexity index is 1180. The topological polar surface area (TPSA) is 84.3 Å². The van der Waals surface area contributed by atoms with Crippen LogP contribution in [0.2, 0.25) is 0 Å². The number of hydrogen-bond acceptors (Lipinski definition) is 5. The number of hydrogen-bond donors (Lipinski definition) is 1. The molecular weight excluding hydrogens is 376 g/mol. The standard InChI is InChI=1S/C20H18N4O3S/c25-16-9-24(14-7-3-2-6-13(14)22-16)17(26)10-23-11-21-19-18(20(23)27)12-5-1-4-8-15(12)28-19/h2-3,6-7,11H,1,4-5,8-10H2,(H,22,25). The minimum absolute atomic E-state index is 0.0614. The molecule has 0 unspecified atom stereocenters. The van der Waals surface area contributed by atoms with Crippen molar-refractivity contribution < 1.29 is 9.59 Å². The van der Waals surface area contributed by atoms with E-state index in [0.29, 0.717) is 16.8 Å². The van der Waals surface area contributed by atoms with E-state index in [2.05, 4.69) is 10.3 Å². The van der Waals surface area contributed by atoms with Crippen molar-refractivity contribution in [3.63, 3.8) is 0 Å². The first-order chi connectivity index (χ1) is 13.6. The van der Waals surface area contributed by atoms with Crippen molar-refractivity contribution in [1.29, 1.82) is 0 Å². The maximum Gasteiger partial charge on any atom is 0.262 e. The number of aryl methyl sites for hydroxylation is 2. The largest absolute Gasteiger partial charge is 0.323 e. The Balaban J connectivity index is 1.51. The fourth-order valence-corrected chi connectivity index (χ4v) is 5.20. The molecule has 3 aromatic rings. The Kier molecular flexibility index (Phi) is 4.01. The Morgan fingerprint density at radius 3 is 2.89 bits per heavy atom. The third-order valence-corrected chi connectivity index (χ3v) is 6.52. The molecule has 2 aliphatic rings. The Hall–Kier alpha value is -3.00. The molecule has 1 aliphatic heterocycles. The van der Waals surface area contributed by atoms with Gasteiger partial charge in [0.15, 0.2) is 0 Å². The maximum atomic E-state index is 13.1. The monoisotopic (exact) mass is 394 g/mol. The lowest BCUT2D eigenvalue weighted by Gasteiger charge is -2.29. The third kappa shape index (κ3) is 2.72. The second-order valence-electron chi connectivity index (χ2n) is 7.11. The fraction of sp³-hybridized carbons (Fsp3) is 0.300. The van der Waals surface area contributed by atoms with Gasteiger partial charge in [-0.1, -0.05) is 12.1 Å². The predicted molar refractivity (Wildman–Crippen MR) is 108 cm³/mol. The van der Waals surface area contributed by atoms with Crippen molar-refractivity contribution in [3.05, 3.63) is 51.4 Å². The van der Waals surface area contributed by atoms with Gasteiger partial charge in [-0.15, -0.1) is 11.3 Å². The summed E-state index contributed by atoms with van der Waals surface area (Å²) in [5.41, 5.74) is 2.17. The van der Waals surface area contributed by atoms with Gasteiger partial charge in [0.2, 0.25) is 11.8 Å².